The van der Waals surface area contributed by atoms with Crippen molar-refractivity contribution in [2.45, 2.75) is 19.4 Å². The van der Waals surface area contributed by atoms with Crippen molar-refractivity contribution < 1.29 is 4.74 Å². The number of hydrogen-bond donors (Lipinski definition) is 1. The number of rotatable bonds is 6. The standard InChI is InChI=1S/C18H21N3O/c1-14(15-6-8-17(22-2)9-7-15)19-11-10-16-13-21-12-4-3-5-18(21)20-16/h3-9,12-14,19H,10-11H2,1-2H3/t14-/m1/s1. The number of nitrogens with one attached hydrogen (secondary N) is 1. The van der Waals surface area contributed by atoms with Crippen LogP contribution in [0.1, 0.15) is 24.2 Å². The summed E-state index contributed by atoms with van der Waals surface area (Å²) < 4.78 is 7.24. The normalized spacial score (nSPS) is 12.5. The van der Waals surface area contributed by atoms with E-state index in [2.05, 4.69) is 40.0 Å². The third-order valence-electron chi connectivity index (χ3n) is 3.86. The van der Waals surface area contributed by atoms with Gasteiger partial charge in [0.2, 0.25) is 0 Å². The van der Waals surface area contributed by atoms with Gasteiger partial charge in [0, 0.05) is 31.4 Å². The van der Waals surface area contributed by atoms with E-state index in [9.17, 15) is 0 Å². The van der Waals surface area contributed by atoms with Crippen LogP contribution in [0.15, 0.2) is 54.9 Å². The highest BCUT2D eigenvalue weighted by Gasteiger charge is 2.06. The number of pyridine rings is 1. The van der Waals surface area contributed by atoms with Gasteiger partial charge in [-0.3, -0.25) is 0 Å². The van der Waals surface area contributed by atoms with Crippen LogP contribution in [-0.2, 0) is 6.42 Å². The summed E-state index contributed by atoms with van der Waals surface area (Å²) >= 11 is 0. The smallest absolute Gasteiger partial charge is 0.136 e. The summed E-state index contributed by atoms with van der Waals surface area (Å²) in [6, 6.07) is 14.5. The number of hydrogen-bond acceptors (Lipinski definition) is 3. The molecule has 0 saturated carbocycles. The van der Waals surface area contributed by atoms with Gasteiger partial charge in [0.15, 0.2) is 0 Å². The Morgan fingerprint density at radius 3 is 2.73 bits per heavy atom. The van der Waals surface area contributed by atoms with Crippen LogP contribution in [0.25, 0.3) is 5.65 Å². The van der Waals surface area contributed by atoms with E-state index >= 15 is 0 Å². The Hall–Kier alpha value is -2.33. The average Bonchev–Trinajstić information content (AvgIpc) is 2.97. The Morgan fingerprint density at radius 2 is 2.00 bits per heavy atom. The van der Waals surface area contributed by atoms with Crippen LogP contribution in [0, 0.1) is 0 Å². The topological polar surface area (TPSA) is 38.6 Å². The molecular formula is C18H21N3O. The quantitative estimate of drug-likeness (QED) is 0.759. The molecular weight excluding hydrogens is 274 g/mol. The molecule has 22 heavy (non-hydrogen) atoms. The van der Waals surface area contributed by atoms with E-state index in [0.717, 1.165) is 30.1 Å². The van der Waals surface area contributed by atoms with Crippen molar-refractivity contribution in [1.29, 1.82) is 0 Å². The van der Waals surface area contributed by atoms with Gasteiger partial charge in [0.1, 0.15) is 11.4 Å². The molecule has 4 nitrogen and oxygen atoms in total. The summed E-state index contributed by atoms with van der Waals surface area (Å²) in [5.74, 6) is 0.889. The van der Waals surface area contributed by atoms with Crippen molar-refractivity contribution in [2.24, 2.45) is 0 Å². The van der Waals surface area contributed by atoms with Crippen LogP contribution >= 0.6 is 0 Å². The summed E-state index contributed by atoms with van der Waals surface area (Å²) in [6.07, 6.45) is 5.04. The predicted octanol–water partition coefficient (Wildman–Crippen LogP) is 3.24. The lowest BCUT2D eigenvalue weighted by atomic mass is 10.1. The van der Waals surface area contributed by atoms with Crippen LogP contribution in [0.5, 0.6) is 5.75 Å². The zero-order valence-electron chi connectivity index (χ0n) is 13.0. The second-order valence-corrected chi connectivity index (χ2v) is 5.40. The monoisotopic (exact) mass is 295 g/mol. The molecule has 0 unspecified atom stereocenters. The molecule has 114 valence electrons. The molecule has 0 aliphatic carbocycles. The first-order chi connectivity index (χ1) is 10.8. The number of imidazole rings is 1. The minimum absolute atomic E-state index is 0.308. The van der Waals surface area contributed by atoms with Gasteiger partial charge in [0.25, 0.3) is 0 Å². The van der Waals surface area contributed by atoms with Crippen molar-refractivity contribution >= 4 is 5.65 Å². The van der Waals surface area contributed by atoms with Gasteiger partial charge in [-0.25, -0.2) is 4.98 Å². The number of nitrogens with zero attached hydrogens (tertiary/aromatic N) is 2. The lowest BCUT2D eigenvalue weighted by Gasteiger charge is -2.14. The van der Waals surface area contributed by atoms with Crippen LogP contribution in [0.4, 0.5) is 0 Å². The Labute approximate surface area is 130 Å². The molecule has 1 N–H and O–H groups in total. The molecule has 0 bridgehead atoms. The molecule has 3 aromatic rings. The van der Waals surface area contributed by atoms with Gasteiger partial charge in [-0.05, 0) is 36.8 Å². The van der Waals surface area contributed by atoms with Crippen LogP contribution in [0.2, 0.25) is 0 Å². The van der Waals surface area contributed by atoms with E-state index in [1.807, 2.05) is 36.5 Å². The van der Waals surface area contributed by atoms with E-state index < -0.39 is 0 Å². The van der Waals surface area contributed by atoms with E-state index in [0.29, 0.717) is 6.04 Å². The molecule has 2 heterocycles. The molecule has 2 aromatic heterocycles. The summed E-state index contributed by atoms with van der Waals surface area (Å²) in [5, 5.41) is 3.54. The Bertz CT molecular complexity index is 700. The maximum absolute atomic E-state index is 5.19. The number of fused-ring (bicyclic) bond motifs is 1. The fourth-order valence-corrected chi connectivity index (χ4v) is 2.53. The van der Waals surface area contributed by atoms with Gasteiger partial charge in [0.05, 0.1) is 12.8 Å². The first-order valence-corrected chi connectivity index (χ1v) is 7.56. The zero-order chi connectivity index (χ0) is 15.4. The maximum atomic E-state index is 5.19. The van der Waals surface area contributed by atoms with Crippen LogP contribution in [-0.4, -0.2) is 23.0 Å². The van der Waals surface area contributed by atoms with Crippen molar-refractivity contribution in [2.75, 3.05) is 13.7 Å². The second-order valence-electron chi connectivity index (χ2n) is 5.40. The minimum atomic E-state index is 0.308. The minimum Gasteiger partial charge on any atom is -0.497 e. The molecule has 0 saturated heterocycles. The van der Waals surface area contributed by atoms with Crippen LogP contribution < -0.4 is 10.1 Å². The Morgan fingerprint density at radius 1 is 1.18 bits per heavy atom. The van der Waals surface area contributed by atoms with Crippen molar-refractivity contribution in [3.8, 4) is 5.75 Å². The molecule has 0 aliphatic heterocycles. The zero-order valence-corrected chi connectivity index (χ0v) is 13.0. The van der Waals surface area contributed by atoms with E-state index in [4.69, 9.17) is 4.74 Å². The predicted molar refractivity (Wildman–Crippen MR) is 88.3 cm³/mol. The number of benzene rings is 1. The Kier molecular flexibility index (Phi) is 4.39. The molecule has 0 radical (unpaired) electrons. The molecule has 0 fully saturated rings. The first kappa shape index (κ1) is 14.6. The average molecular weight is 295 g/mol. The summed E-state index contributed by atoms with van der Waals surface area (Å²) in [4.78, 5) is 4.61. The van der Waals surface area contributed by atoms with Gasteiger partial charge in [-0.1, -0.05) is 18.2 Å². The van der Waals surface area contributed by atoms with Crippen LogP contribution in [0.3, 0.4) is 0 Å². The third kappa shape index (κ3) is 3.28. The van der Waals surface area contributed by atoms with Gasteiger partial charge in [-0.2, -0.15) is 0 Å². The Balaban J connectivity index is 1.55. The largest absolute Gasteiger partial charge is 0.497 e. The summed E-state index contributed by atoms with van der Waals surface area (Å²) in [7, 11) is 1.69. The van der Waals surface area contributed by atoms with E-state index in [1.165, 1.54) is 5.56 Å². The third-order valence-corrected chi connectivity index (χ3v) is 3.86. The molecule has 4 heteroatoms. The van der Waals surface area contributed by atoms with Crippen molar-refractivity contribution in [3.05, 3.63) is 66.1 Å². The molecule has 0 spiro atoms. The number of aromatic nitrogens is 2. The SMILES string of the molecule is COc1ccc([C@@H](C)NCCc2cn3ccccc3n2)cc1. The summed E-state index contributed by atoms with van der Waals surface area (Å²) in [5.41, 5.74) is 3.37. The lowest BCUT2D eigenvalue weighted by Crippen LogP contribution is -2.21. The van der Waals surface area contributed by atoms with Gasteiger partial charge >= 0.3 is 0 Å². The highest BCUT2D eigenvalue weighted by atomic mass is 16.5. The highest BCUT2D eigenvalue weighted by Crippen LogP contribution is 2.17. The molecule has 0 amide bonds. The van der Waals surface area contributed by atoms with E-state index in [-0.39, 0.29) is 0 Å². The van der Waals surface area contributed by atoms with Crippen molar-refractivity contribution in [3.63, 3.8) is 0 Å². The summed E-state index contributed by atoms with van der Waals surface area (Å²) in [6.45, 7) is 3.07. The highest BCUT2D eigenvalue weighted by molar-refractivity contribution is 5.39. The molecule has 1 atom stereocenters. The first-order valence-electron chi connectivity index (χ1n) is 7.56. The molecule has 0 aliphatic rings. The number of ether oxygens (including phenoxy) is 1. The lowest BCUT2D eigenvalue weighted by molar-refractivity contribution is 0.414. The second kappa shape index (κ2) is 6.62. The maximum Gasteiger partial charge on any atom is 0.136 e. The number of methoxy groups -OCH3 is 1. The molecule has 1 aromatic carbocycles. The van der Waals surface area contributed by atoms with Gasteiger partial charge < -0.3 is 14.5 Å². The van der Waals surface area contributed by atoms with E-state index in [1.54, 1.807) is 7.11 Å². The van der Waals surface area contributed by atoms with Crippen molar-refractivity contribution in [1.82, 2.24) is 14.7 Å². The fraction of sp³-hybridized carbons (Fsp3) is 0.278. The fourth-order valence-electron chi connectivity index (χ4n) is 2.53. The van der Waals surface area contributed by atoms with Gasteiger partial charge in [-0.15, -0.1) is 0 Å². The molecule has 3 rings (SSSR count).